The van der Waals surface area contributed by atoms with E-state index in [9.17, 15) is 12.8 Å². The van der Waals surface area contributed by atoms with Crippen LogP contribution in [0.15, 0.2) is 35.6 Å². The van der Waals surface area contributed by atoms with Crippen molar-refractivity contribution >= 4 is 27.2 Å². The second kappa shape index (κ2) is 13.3. The normalized spacial score (nSPS) is 18.7. The van der Waals surface area contributed by atoms with Gasteiger partial charge in [-0.2, -0.15) is 0 Å². The van der Waals surface area contributed by atoms with Crippen molar-refractivity contribution in [1.82, 2.24) is 24.7 Å². The predicted octanol–water partition coefficient (Wildman–Crippen LogP) is 2.59. The molecule has 210 valence electrons. The van der Waals surface area contributed by atoms with Gasteiger partial charge < -0.3 is 24.3 Å². The zero-order chi connectivity index (χ0) is 27.1. The van der Waals surface area contributed by atoms with Gasteiger partial charge in [0.05, 0.1) is 50.1 Å². The van der Waals surface area contributed by atoms with E-state index in [-0.39, 0.29) is 22.9 Å². The largest absolute Gasteiger partial charge is 0.379 e. The van der Waals surface area contributed by atoms with Crippen LogP contribution in [0.4, 0.5) is 4.39 Å². The zero-order valence-electron chi connectivity index (χ0n) is 22.1. The average molecular weight is 568 g/mol. The number of nitrogens with one attached hydrogen (secondary N) is 1. The molecule has 0 spiro atoms. The number of sulfone groups is 1. The summed E-state index contributed by atoms with van der Waals surface area (Å²) in [6.45, 7) is 10.1. The third-order valence-corrected chi connectivity index (χ3v) is 8.68. The van der Waals surface area contributed by atoms with E-state index in [0.717, 1.165) is 38.2 Å². The quantitative estimate of drug-likeness (QED) is 0.412. The molecule has 38 heavy (non-hydrogen) atoms. The molecule has 9 nitrogen and oxygen atoms in total. The van der Waals surface area contributed by atoms with Crippen LogP contribution in [0, 0.1) is 5.82 Å². The van der Waals surface area contributed by atoms with Gasteiger partial charge in [-0.15, -0.1) is 0 Å². The van der Waals surface area contributed by atoms with Crippen molar-refractivity contribution in [2.45, 2.75) is 62.8 Å². The Balaban J connectivity index is 1.60. The molecular weight excluding hydrogens is 529 g/mol. The topological polar surface area (TPSA) is 88.9 Å². The molecule has 2 fully saturated rings. The smallest absolute Gasteiger partial charge is 0.228 e. The number of morpholine rings is 1. The second-order valence-electron chi connectivity index (χ2n) is 10.1. The van der Waals surface area contributed by atoms with Gasteiger partial charge in [0, 0.05) is 44.4 Å². The maximum absolute atomic E-state index is 14.3. The number of hydrogen-bond acceptors (Lipinski definition) is 7. The second-order valence-corrected chi connectivity index (χ2v) is 12.4. The van der Waals surface area contributed by atoms with E-state index in [0.29, 0.717) is 44.6 Å². The molecule has 2 aromatic rings. The molecule has 3 heterocycles. The fourth-order valence-electron chi connectivity index (χ4n) is 4.71. The molecule has 4 rings (SSSR count). The Morgan fingerprint density at radius 3 is 2.71 bits per heavy atom. The Hall–Kier alpha value is -2.12. The van der Waals surface area contributed by atoms with Gasteiger partial charge in [0.2, 0.25) is 15.0 Å². The van der Waals surface area contributed by atoms with E-state index in [4.69, 9.17) is 21.7 Å². The van der Waals surface area contributed by atoms with Crippen LogP contribution >= 0.6 is 12.2 Å². The van der Waals surface area contributed by atoms with Crippen molar-refractivity contribution in [3.05, 3.63) is 47.5 Å². The van der Waals surface area contributed by atoms with Crippen LogP contribution in [0.25, 0.3) is 0 Å². The number of hydrogen-bond donors (Lipinski definition) is 1. The van der Waals surface area contributed by atoms with Gasteiger partial charge in [0.1, 0.15) is 5.82 Å². The van der Waals surface area contributed by atoms with Crippen LogP contribution in [0.5, 0.6) is 0 Å². The first-order chi connectivity index (χ1) is 18.2. The number of benzene rings is 1. The lowest BCUT2D eigenvalue weighted by Gasteiger charge is -2.32. The molecule has 1 aromatic carbocycles. The van der Waals surface area contributed by atoms with Crippen molar-refractivity contribution < 1.29 is 22.3 Å². The first-order valence-electron chi connectivity index (χ1n) is 13.2. The Kier molecular flexibility index (Phi) is 10.1. The zero-order valence-corrected chi connectivity index (χ0v) is 23.8. The number of halogens is 1. The van der Waals surface area contributed by atoms with E-state index >= 15 is 0 Å². The highest BCUT2D eigenvalue weighted by Gasteiger charge is 2.29. The highest BCUT2D eigenvalue weighted by atomic mass is 32.2. The lowest BCUT2D eigenvalue weighted by Crippen LogP contribution is -2.47. The van der Waals surface area contributed by atoms with Crippen molar-refractivity contribution in [3.63, 3.8) is 0 Å². The SMILES string of the molecule is CC(C)NC(=S)N(CCN1CCOCC1)Cc1cnc(S(=O)(=O)Cc2ccccc2F)n1C[C@@H]1CCCO1. The monoisotopic (exact) mass is 567 g/mol. The summed E-state index contributed by atoms with van der Waals surface area (Å²) in [6.07, 6.45) is 3.27. The van der Waals surface area contributed by atoms with Gasteiger partial charge >= 0.3 is 0 Å². The van der Waals surface area contributed by atoms with Crippen LogP contribution in [0.3, 0.4) is 0 Å². The van der Waals surface area contributed by atoms with Crippen LogP contribution in [0.1, 0.15) is 37.9 Å². The summed E-state index contributed by atoms with van der Waals surface area (Å²) in [4.78, 5) is 8.75. The molecule has 2 aliphatic heterocycles. The van der Waals surface area contributed by atoms with Gasteiger partial charge in [-0.05, 0) is 45.0 Å². The number of aromatic nitrogens is 2. The van der Waals surface area contributed by atoms with Crippen molar-refractivity contribution in [3.8, 4) is 0 Å². The maximum Gasteiger partial charge on any atom is 0.228 e. The molecule has 1 N–H and O–H groups in total. The predicted molar refractivity (Wildman–Crippen MR) is 147 cm³/mol. The number of nitrogens with zero attached hydrogens (tertiary/aromatic N) is 4. The summed E-state index contributed by atoms with van der Waals surface area (Å²) in [5, 5.41) is 3.86. The van der Waals surface area contributed by atoms with Crippen LogP contribution in [-0.4, -0.2) is 91.0 Å². The Morgan fingerprint density at radius 1 is 1.26 bits per heavy atom. The van der Waals surface area contributed by atoms with E-state index in [1.54, 1.807) is 22.9 Å². The Labute approximate surface area is 230 Å². The molecule has 0 bridgehead atoms. The van der Waals surface area contributed by atoms with Crippen molar-refractivity contribution in [1.29, 1.82) is 0 Å². The standard InChI is InChI=1S/C26H38FN5O4S2/c1-20(2)29-25(37)31(10-9-30-11-14-35-15-12-30)17-22-16-28-26(32(22)18-23-7-5-13-36-23)38(33,34)19-21-6-3-4-8-24(21)27/h3-4,6,8,16,20,23H,5,7,9-15,17-19H2,1-2H3,(H,29,37)/t23-/m0/s1. The summed E-state index contributed by atoms with van der Waals surface area (Å²) in [5.41, 5.74) is 0.845. The van der Waals surface area contributed by atoms with Gasteiger partial charge in [0.25, 0.3) is 0 Å². The average Bonchev–Trinajstić information content (AvgIpc) is 3.54. The van der Waals surface area contributed by atoms with Gasteiger partial charge in [-0.25, -0.2) is 17.8 Å². The molecule has 0 unspecified atom stereocenters. The number of rotatable bonds is 11. The van der Waals surface area contributed by atoms with Crippen molar-refractivity contribution in [2.75, 3.05) is 46.0 Å². The minimum Gasteiger partial charge on any atom is -0.379 e. The lowest BCUT2D eigenvalue weighted by atomic mass is 10.2. The molecule has 1 atom stereocenters. The third-order valence-electron chi connectivity index (χ3n) is 6.74. The van der Waals surface area contributed by atoms with E-state index < -0.39 is 21.4 Å². The summed E-state index contributed by atoms with van der Waals surface area (Å²) in [7, 11) is -3.92. The highest BCUT2D eigenvalue weighted by molar-refractivity contribution is 7.90. The Morgan fingerprint density at radius 2 is 2.03 bits per heavy atom. The van der Waals surface area contributed by atoms with Crippen molar-refractivity contribution in [2.24, 2.45) is 0 Å². The molecule has 2 aliphatic rings. The highest BCUT2D eigenvalue weighted by Crippen LogP contribution is 2.23. The number of ether oxygens (including phenoxy) is 2. The number of thiocarbonyl (C=S) groups is 1. The van der Waals surface area contributed by atoms with Crippen LogP contribution in [-0.2, 0) is 38.2 Å². The summed E-state index contributed by atoms with van der Waals surface area (Å²) in [5.74, 6) is -1.01. The molecule has 0 amide bonds. The molecule has 2 saturated heterocycles. The van der Waals surface area contributed by atoms with Crippen LogP contribution in [0.2, 0.25) is 0 Å². The fraction of sp³-hybridized carbons (Fsp3) is 0.615. The van der Waals surface area contributed by atoms with Gasteiger partial charge in [0.15, 0.2) is 5.11 Å². The van der Waals surface area contributed by atoms with Gasteiger partial charge in [-0.3, -0.25) is 4.90 Å². The fourth-order valence-corrected chi connectivity index (χ4v) is 6.62. The summed E-state index contributed by atoms with van der Waals surface area (Å²) in [6, 6.07) is 6.09. The third kappa shape index (κ3) is 7.72. The molecular formula is C26H38FN5O4S2. The summed E-state index contributed by atoms with van der Waals surface area (Å²) < 4.78 is 54.4. The molecule has 0 saturated carbocycles. The first kappa shape index (κ1) is 28.9. The molecule has 12 heteroatoms. The maximum atomic E-state index is 14.3. The summed E-state index contributed by atoms with van der Waals surface area (Å²) >= 11 is 5.74. The van der Waals surface area contributed by atoms with Gasteiger partial charge in [-0.1, -0.05) is 18.2 Å². The van der Waals surface area contributed by atoms with E-state index in [1.807, 2.05) is 13.8 Å². The van der Waals surface area contributed by atoms with Crippen LogP contribution < -0.4 is 5.32 Å². The molecule has 0 aliphatic carbocycles. The molecule has 0 radical (unpaired) electrons. The molecule has 1 aromatic heterocycles. The van der Waals surface area contributed by atoms with E-state index in [1.165, 1.54) is 12.1 Å². The first-order valence-corrected chi connectivity index (χ1v) is 15.3. The Bertz CT molecular complexity index is 1180. The lowest BCUT2D eigenvalue weighted by molar-refractivity contribution is 0.0356. The number of imidazole rings is 1. The minimum atomic E-state index is -3.92. The van der Waals surface area contributed by atoms with E-state index in [2.05, 4.69) is 20.1 Å². The minimum absolute atomic E-state index is 0.0675.